The summed E-state index contributed by atoms with van der Waals surface area (Å²) in [5.74, 6) is -0.0404. The van der Waals surface area contributed by atoms with Crippen LogP contribution in [-0.4, -0.2) is 11.8 Å². The highest BCUT2D eigenvalue weighted by Gasteiger charge is 2.10. The lowest BCUT2D eigenvalue weighted by Crippen LogP contribution is -2.41. The number of aryl methyl sites for hydroxylation is 1. The number of hydrogen-bond donors (Lipinski definition) is 2. The highest BCUT2D eigenvalue weighted by molar-refractivity contribution is 6.33. The molecule has 0 spiro atoms. The molecule has 0 radical (unpaired) electrons. The summed E-state index contributed by atoms with van der Waals surface area (Å²) in [6, 6.07) is 10.1. The minimum absolute atomic E-state index is 0.219. The Balaban J connectivity index is 1.78. The fraction of sp³-hybridized carbons (Fsp3) is 0.143. The van der Waals surface area contributed by atoms with Gasteiger partial charge in [0.25, 0.3) is 5.91 Å². The van der Waals surface area contributed by atoms with Crippen molar-refractivity contribution in [2.24, 2.45) is 0 Å². The monoisotopic (exact) mass is 292 g/mol. The van der Waals surface area contributed by atoms with Crippen LogP contribution in [0.2, 0.25) is 5.02 Å². The van der Waals surface area contributed by atoms with Crippen LogP contribution in [0.3, 0.4) is 0 Å². The molecule has 0 aliphatic rings. The van der Waals surface area contributed by atoms with Crippen molar-refractivity contribution in [3.05, 3.63) is 59.0 Å². The number of amides is 2. The Morgan fingerprint density at radius 2 is 1.90 bits per heavy atom. The molecule has 2 N–H and O–H groups in total. The molecular formula is C14H13ClN2O3. The first-order valence-corrected chi connectivity index (χ1v) is 6.40. The maximum absolute atomic E-state index is 11.8. The van der Waals surface area contributed by atoms with E-state index >= 15 is 0 Å². The molecule has 1 heterocycles. The average Bonchev–Trinajstić information content (AvgIpc) is 2.96. The molecule has 0 saturated heterocycles. The van der Waals surface area contributed by atoms with Gasteiger partial charge < -0.3 is 4.42 Å². The average molecular weight is 293 g/mol. The number of hydrazine groups is 1. The molecule has 6 heteroatoms. The Hall–Kier alpha value is -2.27. The third kappa shape index (κ3) is 3.86. The van der Waals surface area contributed by atoms with Gasteiger partial charge in [-0.05, 0) is 24.3 Å². The zero-order valence-corrected chi connectivity index (χ0v) is 11.3. The van der Waals surface area contributed by atoms with Crippen molar-refractivity contribution in [3.8, 4) is 0 Å². The van der Waals surface area contributed by atoms with Crippen LogP contribution in [0.5, 0.6) is 0 Å². The minimum Gasteiger partial charge on any atom is -0.469 e. The topological polar surface area (TPSA) is 71.3 Å². The van der Waals surface area contributed by atoms with E-state index in [1.54, 1.807) is 42.7 Å². The molecule has 5 nitrogen and oxygen atoms in total. The Morgan fingerprint density at radius 1 is 1.10 bits per heavy atom. The maximum atomic E-state index is 11.8. The van der Waals surface area contributed by atoms with E-state index in [1.165, 1.54) is 0 Å². The number of rotatable bonds is 4. The van der Waals surface area contributed by atoms with Gasteiger partial charge in [-0.1, -0.05) is 23.7 Å². The Labute approximate surface area is 120 Å². The van der Waals surface area contributed by atoms with E-state index in [0.29, 0.717) is 17.0 Å². The second-order valence-electron chi connectivity index (χ2n) is 4.06. The van der Waals surface area contributed by atoms with Crippen LogP contribution in [0.1, 0.15) is 22.5 Å². The van der Waals surface area contributed by atoms with Crippen LogP contribution in [0.4, 0.5) is 0 Å². The van der Waals surface area contributed by atoms with Crippen LogP contribution >= 0.6 is 11.6 Å². The fourth-order valence-corrected chi connectivity index (χ4v) is 1.81. The van der Waals surface area contributed by atoms with Gasteiger partial charge in [0.2, 0.25) is 5.91 Å². The number of nitrogens with one attached hydrogen (secondary N) is 2. The van der Waals surface area contributed by atoms with Crippen molar-refractivity contribution in [1.82, 2.24) is 10.9 Å². The summed E-state index contributed by atoms with van der Waals surface area (Å²) in [5.41, 5.74) is 4.95. The number of hydrogen-bond acceptors (Lipinski definition) is 3. The SMILES string of the molecule is O=C(CCc1ccco1)NNC(=O)c1ccccc1Cl. The summed E-state index contributed by atoms with van der Waals surface area (Å²) in [4.78, 5) is 23.3. The van der Waals surface area contributed by atoms with E-state index in [4.69, 9.17) is 16.0 Å². The van der Waals surface area contributed by atoms with Gasteiger partial charge in [-0.2, -0.15) is 0 Å². The zero-order valence-electron chi connectivity index (χ0n) is 10.6. The third-order valence-corrected chi connectivity index (χ3v) is 2.94. The normalized spacial score (nSPS) is 10.1. The molecule has 0 aliphatic heterocycles. The molecule has 0 aliphatic carbocycles. The van der Waals surface area contributed by atoms with Crippen molar-refractivity contribution in [2.45, 2.75) is 12.8 Å². The molecule has 0 fully saturated rings. The van der Waals surface area contributed by atoms with Gasteiger partial charge >= 0.3 is 0 Å². The largest absolute Gasteiger partial charge is 0.469 e. The Bertz CT molecular complexity index is 596. The number of carbonyl (C=O) groups excluding carboxylic acids is 2. The van der Waals surface area contributed by atoms with E-state index in [0.717, 1.165) is 5.76 Å². The molecule has 0 unspecified atom stereocenters. The molecule has 0 bridgehead atoms. The van der Waals surface area contributed by atoms with Gasteiger partial charge in [-0.3, -0.25) is 20.4 Å². The molecular weight excluding hydrogens is 280 g/mol. The second-order valence-corrected chi connectivity index (χ2v) is 4.47. The third-order valence-electron chi connectivity index (χ3n) is 2.61. The van der Waals surface area contributed by atoms with Gasteiger partial charge in [0, 0.05) is 12.8 Å². The number of furan rings is 1. The fourth-order valence-electron chi connectivity index (χ4n) is 1.59. The number of benzene rings is 1. The quantitative estimate of drug-likeness (QED) is 0.850. The molecule has 2 amide bonds. The van der Waals surface area contributed by atoms with Crippen LogP contribution in [0.25, 0.3) is 0 Å². The van der Waals surface area contributed by atoms with Crippen LogP contribution in [-0.2, 0) is 11.2 Å². The van der Waals surface area contributed by atoms with Crippen molar-refractivity contribution < 1.29 is 14.0 Å². The lowest BCUT2D eigenvalue weighted by molar-refractivity contribution is -0.121. The summed E-state index contributed by atoms with van der Waals surface area (Å²) in [6.45, 7) is 0. The highest BCUT2D eigenvalue weighted by atomic mass is 35.5. The van der Waals surface area contributed by atoms with Crippen LogP contribution in [0.15, 0.2) is 47.1 Å². The van der Waals surface area contributed by atoms with Crippen molar-refractivity contribution in [3.63, 3.8) is 0 Å². The predicted molar refractivity (Wildman–Crippen MR) is 74.1 cm³/mol. The lowest BCUT2D eigenvalue weighted by Gasteiger charge is -2.07. The Morgan fingerprint density at radius 3 is 2.60 bits per heavy atom. The molecule has 2 rings (SSSR count). The van der Waals surface area contributed by atoms with Gasteiger partial charge in [0.15, 0.2) is 0 Å². The van der Waals surface area contributed by atoms with Gasteiger partial charge in [0.1, 0.15) is 5.76 Å². The number of halogens is 1. The van der Waals surface area contributed by atoms with Crippen molar-refractivity contribution in [2.75, 3.05) is 0 Å². The summed E-state index contributed by atoms with van der Waals surface area (Å²) >= 11 is 5.88. The highest BCUT2D eigenvalue weighted by Crippen LogP contribution is 2.14. The lowest BCUT2D eigenvalue weighted by atomic mass is 10.2. The van der Waals surface area contributed by atoms with E-state index in [-0.39, 0.29) is 12.3 Å². The first-order valence-electron chi connectivity index (χ1n) is 6.03. The van der Waals surface area contributed by atoms with Gasteiger partial charge in [0.05, 0.1) is 16.8 Å². The summed E-state index contributed by atoms with van der Waals surface area (Å²) in [7, 11) is 0. The van der Waals surface area contributed by atoms with Gasteiger partial charge in [-0.25, -0.2) is 0 Å². The molecule has 1 aromatic carbocycles. The van der Waals surface area contributed by atoms with Gasteiger partial charge in [-0.15, -0.1) is 0 Å². The molecule has 20 heavy (non-hydrogen) atoms. The van der Waals surface area contributed by atoms with E-state index in [9.17, 15) is 9.59 Å². The van der Waals surface area contributed by atoms with Crippen molar-refractivity contribution in [1.29, 1.82) is 0 Å². The number of carbonyl (C=O) groups is 2. The summed E-state index contributed by atoms with van der Waals surface area (Å²) in [5, 5.41) is 0.329. The second kappa shape index (κ2) is 6.77. The molecule has 1 aromatic heterocycles. The smallest absolute Gasteiger partial charge is 0.271 e. The molecule has 0 saturated carbocycles. The van der Waals surface area contributed by atoms with Crippen LogP contribution in [0, 0.1) is 0 Å². The van der Waals surface area contributed by atoms with E-state index in [1.807, 2.05) is 0 Å². The van der Waals surface area contributed by atoms with E-state index < -0.39 is 5.91 Å². The molecule has 0 atom stereocenters. The minimum atomic E-state index is -0.457. The predicted octanol–water partition coefficient (Wildman–Crippen LogP) is 2.33. The van der Waals surface area contributed by atoms with Crippen LogP contribution < -0.4 is 10.9 Å². The zero-order chi connectivity index (χ0) is 14.4. The van der Waals surface area contributed by atoms with E-state index in [2.05, 4.69) is 10.9 Å². The Kier molecular flexibility index (Phi) is 4.79. The van der Waals surface area contributed by atoms with Crippen molar-refractivity contribution >= 4 is 23.4 Å². The standard InChI is InChI=1S/C14H13ClN2O3/c15-12-6-2-1-5-11(12)14(19)17-16-13(18)8-7-10-4-3-9-20-10/h1-6,9H,7-8H2,(H,16,18)(H,17,19). The molecule has 2 aromatic rings. The first kappa shape index (κ1) is 14.1. The molecule has 104 valence electrons. The summed E-state index contributed by atoms with van der Waals surface area (Å²) < 4.78 is 5.11. The maximum Gasteiger partial charge on any atom is 0.271 e. The first-order chi connectivity index (χ1) is 9.66. The summed E-state index contributed by atoms with van der Waals surface area (Å²) in [6.07, 6.45) is 2.24.